The Hall–Kier alpha value is -0.960. The fourth-order valence-corrected chi connectivity index (χ4v) is 1.16. The number of pyridine rings is 1. The van der Waals surface area contributed by atoms with Crippen molar-refractivity contribution >= 4 is 23.5 Å². The van der Waals surface area contributed by atoms with Crippen molar-refractivity contribution in [2.75, 3.05) is 5.32 Å². The first-order valence-corrected chi connectivity index (χ1v) is 4.41. The lowest BCUT2D eigenvalue weighted by Crippen LogP contribution is -2.00. The molecule has 1 aromatic heterocycles. The van der Waals surface area contributed by atoms with Gasteiger partial charge in [-0.3, -0.25) is 0 Å². The van der Waals surface area contributed by atoms with Crippen molar-refractivity contribution in [2.24, 2.45) is 0 Å². The summed E-state index contributed by atoms with van der Waals surface area (Å²) in [5.41, 5.74) is 3.69. The van der Waals surface area contributed by atoms with Crippen molar-refractivity contribution in [2.45, 2.75) is 20.3 Å². The molecule has 0 aliphatic carbocycles. The van der Waals surface area contributed by atoms with E-state index in [0.717, 1.165) is 17.9 Å². The summed E-state index contributed by atoms with van der Waals surface area (Å²) in [5, 5.41) is 2.95. The number of thiocarbonyl (C=S) groups is 1. The van der Waals surface area contributed by atoms with Gasteiger partial charge in [0.1, 0.15) is 5.82 Å². The second-order valence-electron chi connectivity index (χ2n) is 2.58. The Morgan fingerprint density at radius 1 is 1.58 bits per heavy atom. The molecular weight excluding hydrogens is 168 g/mol. The van der Waals surface area contributed by atoms with E-state index >= 15 is 0 Å². The zero-order valence-electron chi connectivity index (χ0n) is 7.29. The number of nitrogens with one attached hydrogen (secondary N) is 1. The Morgan fingerprint density at radius 3 is 2.92 bits per heavy atom. The molecule has 1 heterocycles. The average molecular weight is 180 g/mol. The molecule has 0 fully saturated rings. The molecule has 1 N–H and O–H groups in total. The predicted molar refractivity (Wildman–Crippen MR) is 55.6 cm³/mol. The summed E-state index contributed by atoms with van der Waals surface area (Å²) in [5.74, 6) is 0.882. The number of aromatic nitrogens is 1. The number of rotatable bonds is 3. The van der Waals surface area contributed by atoms with Crippen LogP contribution in [0.25, 0.3) is 0 Å². The van der Waals surface area contributed by atoms with Crippen molar-refractivity contribution in [3.63, 3.8) is 0 Å². The first-order valence-electron chi connectivity index (χ1n) is 3.94. The van der Waals surface area contributed by atoms with Crippen LogP contribution in [0.4, 0.5) is 5.82 Å². The highest BCUT2D eigenvalue weighted by Crippen LogP contribution is 2.12. The standard InChI is InChI=1S/C9H12N2S/c1-3-8-5-4-7(2)11-9(8)10-6-12/h4-6H,3H2,1-2H3,(H,10,11,12). The van der Waals surface area contributed by atoms with Gasteiger partial charge in [0.2, 0.25) is 0 Å². The van der Waals surface area contributed by atoms with Crippen LogP contribution >= 0.6 is 12.2 Å². The Bertz CT molecular complexity index is 284. The van der Waals surface area contributed by atoms with Crippen LogP contribution in [0, 0.1) is 6.92 Å². The lowest BCUT2D eigenvalue weighted by molar-refractivity contribution is 1.09. The summed E-state index contributed by atoms with van der Waals surface area (Å²) in [6, 6.07) is 4.08. The number of hydrogen-bond donors (Lipinski definition) is 1. The zero-order valence-corrected chi connectivity index (χ0v) is 8.11. The topological polar surface area (TPSA) is 24.9 Å². The molecule has 1 aromatic rings. The molecule has 0 aromatic carbocycles. The Balaban J connectivity index is 3.03. The maximum absolute atomic E-state index is 4.71. The molecule has 1 rings (SSSR count). The number of hydrogen-bond acceptors (Lipinski definition) is 2. The first kappa shape index (κ1) is 9.13. The van der Waals surface area contributed by atoms with E-state index in [0.29, 0.717) is 0 Å². The van der Waals surface area contributed by atoms with Gasteiger partial charge in [-0.15, -0.1) is 0 Å². The van der Waals surface area contributed by atoms with Gasteiger partial charge in [0, 0.05) is 5.69 Å². The largest absolute Gasteiger partial charge is 0.337 e. The van der Waals surface area contributed by atoms with Crippen LogP contribution in [0.15, 0.2) is 12.1 Å². The molecular formula is C9H12N2S. The molecule has 0 bridgehead atoms. The lowest BCUT2D eigenvalue weighted by atomic mass is 10.2. The molecule has 0 saturated heterocycles. The third-order valence-electron chi connectivity index (χ3n) is 1.69. The van der Waals surface area contributed by atoms with Crippen molar-refractivity contribution in [1.82, 2.24) is 4.98 Å². The van der Waals surface area contributed by atoms with Gasteiger partial charge in [0.15, 0.2) is 0 Å². The minimum absolute atomic E-state index is 0.882. The molecule has 0 spiro atoms. The summed E-state index contributed by atoms with van der Waals surface area (Å²) < 4.78 is 0. The molecule has 3 heteroatoms. The summed E-state index contributed by atoms with van der Waals surface area (Å²) >= 11 is 4.71. The monoisotopic (exact) mass is 180 g/mol. The van der Waals surface area contributed by atoms with Crippen LogP contribution in [-0.4, -0.2) is 10.5 Å². The Labute approximate surface area is 78.0 Å². The molecule has 0 aliphatic rings. The van der Waals surface area contributed by atoms with Crippen molar-refractivity contribution in [3.05, 3.63) is 23.4 Å². The highest BCUT2D eigenvalue weighted by atomic mass is 32.1. The van der Waals surface area contributed by atoms with Crippen LogP contribution in [0.2, 0.25) is 0 Å². The van der Waals surface area contributed by atoms with E-state index in [1.165, 1.54) is 11.1 Å². The van der Waals surface area contributed by atoms with Crippen molar-refractivity contribution < 1.29 is 0 Å². The van der Waals surface area contributed by atoms with Crippen LogP contribution in [0.5, 0.6) is 0 Å². The van der Waals surface area contributed by atoms with Crippen LogP contribution in [-0.2, 0) is 6.42 Å². The van der Waals surface area contributed by atoms with Crippen LogP contribution in [0.1, 0.15) is 18.2 Å². The Morgan fingerprint density at radius 2 is 2.33 bits per heavy atom. The maximum atomic E-state index is 4.71. The number of nitrogens with zero attached hydrogens (tertiary/aromatic N) is 1. The normalized spacial score (nSPS) is 9.50. The highest BCUT2D eigenvalue weighted by Gasteiger charge is 1.99. The smallest absolute Gasteiger partial charge is 0.133 e. The van der Waals surface area contributed by atoms with Gasteiger partial charge in [-0.1, -0.05) is 25.2 Å². The summed E-state index contributed by atoms with van der Waals surface area (Å²) in [4.78, 5) is 4.32. The van der Waals surface area contributed by atoms with E-state index in [9.17, 15) is 0 Å². The van der Waals surface area contributed by atoms with E-state index in [-0.39, 0.29) is 0 Å². The molecule has 0 atom stereocenters. The number of anilines is 1. The van der Waals surface area contributed by atoms with Gasteiger partial charge in [-0.25, -0.2) is 4.98 Å². The molecule has 0 unspecified atom stereocenters. The molecule has 0 amide bonds. The molecule has 0 radical (unpaired) electrons. The SMILES string of the molecule is CCc1ccc(C)nc1NC=S. The van der Waals surface area contributed by atoms with Crippen molar-refractivity contribution in [1.29, 1.82) is 0 Å². The zero-order chi connectivity index (χ0) is 8.97. The molecule has 64 valence electrons. The summed E-state index contributed by atoms with van der Waals surface area (Å²) in [6.45, 7) is 4.06. The van der Waals surface area contributed by atoms with Gasteiger partial charge in [-0.2, -0.15) is 0 Å². The minimum Gasteiger partial charge on any atom is -0.337 e. The molecule has 0 aliphatic heterocycles. The van der Waals surface area contributed by atoms with Gasteiger partial charge in [0.25, 0.3) is 0 Å². The quantitative estimate of drug-likeness (QED) is 0.723. The lowest BCUT2D eigenvalue weighted by Gasteiger charge is -2.05. The van der Waals surface area contributed by atoms with E-state index in [1.807, 2.05) is 13.0 Å². The Kier molecular flexibility index (Phi) is 3.17. The molecule has 12 heavy (non-hydrogen) atoms. The third kappa shape index (κ3) is 2.01. The first-order chi connectivity index (χ1) is 5.77. The van der Waals surface area contributed by atoms with Gasteiger partial charge in [-0.05, 0) is 25.0 Å². The summed E-state index contributed by atoms with van der Waals surface area (Å²) in [7, 11) is 0. The van der Waals surface area contributed by atoms with E-state index in [4.69, 9.17) is 12.2 Å². The van der Waals surface area contributed by atoms with Gasteiger partial charge >= 0.3 is 0 Å². The second kappa shape index (κ2) is 4.16. The highest BCUT2D eigenvalue weighted by molar-refractivity contribution is 7.79. The van der Waals surface area contributed by atoms with Gasteiger partial charge < -0.3 is 5.32 Å². The van der Waals surface area contributed by atoms with Crippen molar-refractivity contribution in [3.8, 4) is 0 Å². The summed E-state index contributed by atoms with van der Waals surface area (Å²) in [6.07, 6.45) is 0.971. The third-order valence-corrected chi connectivity index (χ3v) is 1.81. The van der Waals surface area contributed by atoms with E-state index < -0.39 is 0 Å². The average Bonchev–Trinajstić information content (AvgIpc) is 2.05. The van der Waals surface area contributed by atoms with Crippen LogP contribution in [0.3, 0.4) is 0 Å². The fourth-order valence-electron chi connectivity index (χ4n) is 1.05. The van der Waals surface area contributed by atoms with Gasteiger partial charge in [0.05, 0.1) is 5.49 Å². The van der Waals surface area contributed by atoms with E-state index in [2.05, 4.69) is 23.3 Å². The second-order valence-corrected chi connectivity index (χ2v) is 2.81. The van der Waals surface area contributed by atoms with Crippen LogP contribution < -0.4 is 5.32 Å². The van der Waals surface area contributed by atoms with E-state index in [1.54, 1.807) is 0 Å². The fraction of sp³-hybridized carbons (Fsp3) is 0.333. The molecule has 2 nitrogen and oxygen atoms in total. The number of aryl methyl sites for hydroxylation is 2. The molecule has 0 saturated carbocycles. The predicted octanol–water partition coefficient (Wildman–Crippen LogP) is 2.32. The minimum atomic E-state index is 0.882. The maximum Gasteiger partial charge on any atom is 0.133 e.